The summed E-state index contributed by atoms with van der Waals surface area (Å²) in [5, 5.41) is 0. The van der Waals surface area contributed by atoms with E-state index >= 15 is 0 Å². The summed E-state index contributed by atoms with van der Waals surface area (Å²) in [5.41, 5.74) is 1.11. The molecule has 1 spiro atoms. The summed E-state index contributed by atoms with van der Waals surface area (Å²) in [4.78, 5) is 37.1. The van der Waals surface area contributed by atoms with Crippen molar-refractivity contribution in [1.82, 2.24) is 19.7 Å². The zero-order chi connectivity index (χ0) is 22.6. The quantitative estimate of drug-likeness (QED) is 0.596. The Morgan fingerprint density at radius 3 is 2.44 bits per heavy atom. The highest BCUT2D eigenvalue weighted by Crippen LogP contribution is 2.38. The molecule has 7 heteroatoms. The molecule has 32 heavy (non-hydrogen) atoms. The van der Waals surface area contributed by atoms with Crippen molar-refractivity contribution in [3.05, 3.63) is 66.0 Å². The Morgan fingerprint density at radius 2 is 1.78 bits per heavy atom. The van der Waals surface area contributed by atoms with Crippen LogP contribution < -0.4 is 0 Å². The maximum Gasteiger partial charge on any atom is 0.328 e. The zero-order valence-electron chi connectivity index (χ0n) is 18.9. The molecule has 3 heterocycles. The minimum atomic E-state index is -0.774. The van der Waals surface area contributed by atoms with Gasteiger partial charge in [-0.05, 0) is 43.9 Å². The Labute approximate surface area is 190 Å². The number of benzene rings is 1. The first-order valence-corrected chi connectivity index (χ1v) is 11.4. The number of pyridine rings is 1. The summed E-state index contributed by atoms with van der Waals surface area (Å²) in [7, 11) is 1.71. The summed E-state index contributed by atoms with van der Waals surface area (Å²) >= 11 is 0. The molecule has 7 nitrogen and oxygen atoms in total. The normalized spacial score (nSPS) is 19.7. The van der Waals surface area contributed by atoms with Crippen LogP contribution in [0.15, 0.2) is 54.7 Å². The molecular formula is C25H32N4O3. The van der Waals surface area contributed by atoms with Crippen molar-refractivity contribution in [2.24, 2.45) is 0 Å². The van der Waals surface area contributed by atoms with Gasteiger partial charge in [-0.25, -0.2) is 4.79 Å². The predicted molar refractivity (Wildman–Crippen MR) is 122 cm³/mol. The molecule has 0 radical (unpaired) electrons. The molecule has 0 bridgehead atoms. The highest BCUT2D eigenvalue weighted by molar-refractivity contribution is 6.07. The molecule has 3 amide bonds. The SMILES string of the molecule is COC[C@@H](C)N1CCC2(CC1)C(=O)N(Cc1ccccn1)C(=O)N2CCc1ccccc1. The number of hydrogen-bond donors (Lipinski definition) is 0. The first-order chi connectivity index (χ1) is 15.5. The van der Waals surface area contributed by atoms with E-state index < -0.39 is 5.54 Å². The van der Waals surface area contributed by atoms with Crippen molar-refractivity contribution in [2.45, 2.75) is 44.3 Å². The minimum Gasteiger partial charge on any atom is -0.383 e. The van der Waals surface area contributed by atoms with Crippen molar-refractivity contribution in [3.63, 3.8) is 0 Å². The molecule has 1 aromatic heterocycles. The number of methoxy groups -OCH3 is 1. The fourth-order valence-electron chi connectivity index (χ4n) is 4.94. The first kappa shape index (κ1) is 22.4. The van der Waals surface area contributed by atoms with Crippen LogP contribution in [-0.2, 0) is 22.5 Å². The molecule has 0 unspecified atom stereocenters. The lowest BCUT2D eigenvalue weighted by molar-refractivity contribution is -0.136. The van der Waals surface area contributed by atoms with Gasteiger partial charge in [-0.2, -0.15) is 0 Å². The number of nitrogens with zero attached hydrogens (tertiary/aromatic N) is 4. The molecule has 1 atom stereocenters. The van der Waals surface area contributed by atoms with E-state index in [0.717, 1.165) is 30.8 Å². The van der Waals surface area contributed by atoms with E-state index in [9.17, 15) is 9.59 Å². The molecule has 2 saturated heterocycles. The molecule has 2 aliphatic heterocycles. The van der Waals surface area contributed by atoms with Crippen LogP contribution in [0.1, 0.15) is 31.0 Å². The molecule has 0 saturated carbocycles. The lowest BCUT2D eigenvalue weighted by Gasteiger charge is -2.44. The van der Waals surface area contributed by atoms with E-state index in [0.29, 0.717) is 26.0 Å². The number of carbonyl (C=O) groups excluding carboxylic acids is 2. The predicted octanol–water partition coefficient (Wildman–Crippen LogP) is 2.96. The fourth-order valence-corrected chi connectivity index (χ4v) is 4.94. The van der Waals surface area contributed by atoms with Gasteiger partial charge in [0.25, 0.3) is 5.91 Å². The molecule has 1 aromatic carbocycles. The Morgan fingerprint density at radius 1 is 1.06 bits per heavy atom. The Balaban J connectivity index is 1.56. The maximum absolute atomic E-state index is 13.7. The molecule has 4 rings (SSSR count). The second kappa shape index (κ2) is 9.79. The van der Waals surface area contributed by atoms with Gasteiger partial charge in [0.1, 0.15) is 5.54 Å². The molecule has 2 aliphatic rings. The van der Waals surface area contributed by atoms with Crippen LogP contribution in [-0.4, -0.2) is 76.6 Å². The average Bonchev–Trinajstić information content (AvgIpc) is 3.01. The monoisotopic (exact) mass is 436 g/mol. The smallest absolute Gasteiger partial charge is 0.328 e. The summed E-state index contributed by atoms with van der Waals surface area (Å²) in [6.07, 6.45) is 3.69. The third-order valence-electron chi connectivity index (χ3n) is 6.79. The Bertz CT molecular complexity index is 913. The van der Waals surface area contributed by atoms with Crippen molar-refractivity contribution >= 4 is 11.9 Å². The van der Waals surface area contributed by atoms with Gasteiger partial charge in [0, 0.05) is 39.0 Å². The lowest BCUT2D eigenvalue weighted by Crippen LogP contribution is -2.58. The summed E-state index contributed by atoms with van der Waals surface area (Å²) < 4.78 is 5.32. The van der Waals surface area contributed by atoms with Gasteiger partial charge in [0.15, 0.2) is 0 Å². The topological polar surface area (TPSA) is 66.0 Å². The van der Waals surface area contributed by atoms with E-state index in [1.807, 2.05) is 41.3 Å². The van der Waals surface area contributed by atoms with Crippen LogP contribution in [0.25, 0.3) is 0 Å². The van der Waals surface area contributed by atoms with Crippen molar-refractivity contribution < 1.29 is 14.3 Å². The number of piperidine rings is 1. The number of aromatic nitrogens is 1. The first-order valence-electron chi connectivity index (χ1n) is 11.4. The van der Waals surface area contributed by atoms with Gasteiger partial charge in [0.2, 0.25) is 0 Å². The number of amides is 3. The van der Waals surface area contributed by atoms with Crippen LogP contribution in [0.4, 0.5) is 4.79 Å². The number of rotatable bonds is 8. The number of urea groups is 1. The van der Waals surface area contributed by atoms with Gasteiger partial charge in [-0.15, -0.1) is 0 Å². The van der Waals surface area contributed by atoms with E-state index in [1.54, 1.807) is 13.3 Å². The number of ether oxygens (including phenoxy) is 1. The van der Waals surface area contributed by atoms with Gasteiger partial charge in [-0.1, -0.05) is 36.4 Å². The van der Waals surface area contributed by atoms with E-state index in [4.69, 9.17) is 4.74 Å². The zero-order valence-corrected chi connectivity index (χ0v) is 18.9. The number of hydrogen-bond acceptors (Lipinski definition) is 5. The standard InChI is InChI=1S/C25H32N4O3/c1-20(19-32-2)27-16-12-25(13-17-27)23(30)28(18-22-10-6-7-14-26-22)24(31)29(25)15-11-21-8-4-3-5-9-21/h3-10,14,20H,11-13,15-19H2,1-2H3/t20-/m1/s1. The van der Waals surface area contributed by atoms with Crippen LogP contribution in [0.2, 0.25) is 0 Å². The number of carbonyl (C=O) groups is 2. The number of imide groups is 1. The van der Waals surface area contributed by atoms with Crippen LogP contribution in [0.5, 0.6) is 0 Å². The lowest BCUT2D eigenvalue weighted by atomic mass is 9.85. The maximum atomic E-state index is 13.7. The van der Waals surface area contributed by atoms with Crippen molar-refractivity contribution in [2.75, 3.05) is 33.4 Å². The molecule has 170 valence electrons. The van der Waals surface area contributed by atoms with Gasteiger partial charge < -0.3 is 9.64 Å². The Hall–Kier alpha value is -2.77. The molecule has 2 fully saturated rings. The van der Waals surface area contributed by atoms with E-state index in [1.165, 1.54) is 4.90 Å². The third kappa shape index (κ3) is 4.40. The Kier molecular flexibility index (Phi) is 6.86. The highest BCUT2D eigenvalue weighted by Gasteiger charge is 2.57. The second-order valence-corrected chi connectivity index (χ2v) is 8.75. The van der Waals surface area contributed by atoms with Crippen LogP contribution in [0.3, 0.4) is 0 Å². The second-order valence-electron chi connectivity index (χ2n) is 8.75. The summed E-state index contributed by atoms with van der Waals surface area (Å²) in [5.74, 6) is -0.0831. The van der Waals surface area contributed by atoms with Crippen LogP contribution >= 0.6 is 0 Å². The van der Waals surface area contributed by atoms with Gasteiger partial charge >= 0.3 is 6.03 Å². The van der Waals surface area contributed by atoms with Crippen molar-refractivity contribution in [1.29, 1.82) is 0 Å². The third-order valence-corrected chi connectivity index (χ3v) is 6.79. The van der Waals surface area contributed by atoms with Crippen LogP contribution in [0, 0.1) is 0 Å². The van der Waals surface area contributed by atoms with Crippen molar-refractivity contribution in [3.8, 4) is 0 Å². The largest absolute Gasteiger partial charge is 0.383 e. The summed E-state index contributed by atoms with van der Waals surface area (Å²) in [6, 6.07) is 15.8. The summed E-state index contributed by atoms with van der Waals surface area (Å²) in [6.45, 7) is 5.07. The van der Waals surface area contributed by atoms with Gasteiger partial charge in [0.05, 0.1) is 18.8 Å². The molecule has 0 N–H and O–H groups in total. The molecular weight excluding hydrogens is 404 g/mol. The van der Waals surface area contributed by atoms with E-state index in [-0.39, 0.29) is 24.5 Å². The highest BCUT2D eigenvalue weighted by atomic mass is 16.5. The van der Waals surface area contributed by atoms with Gasteiger partial charge in [-0.3, -0.25) is 19.6 Å². The molecule has 0 aliphatic carbocycles. The van der Waals surface area contributed by atoms with E-state index in [2.05, 4.69) is 28.9 Å². The minimum absolute atomic E-state index is 0.0831. The average molecular weight is 437 g/mol. The molecule has 2 aromatic rings. The number of likely N-dealkylation sites (tertiary alicyclic amines) is 1. The fraction of sp³-hybridized carbons (Fsp3) is 0.480.